The molecule has 1 fully saturated rings. The molecule has 4 nitrogen and oxygen atoms in total. The molecule has 1 aliphatic heterocycles. The molecule has 110 valence electrons. The van der Waals surface area contributed by atoms with Crippen LogP contribution in [0.1, 0.15) is 5.56 Å². The number of halogens is 1. The number of benzene rings is 2. The first-order chi connectivity index (χ1) is 10.6. The number of para-hydroxylation sites is 1. The number of carbonyl (C=O) groups is 1. The smallest absolute Gasteiger partial charge is 0.281 e. The second-order valence-electron chi connectivity index (χ2n) is 4.67. The standard InChI is InChI=1S/C16H11FN2O2S/c17-12-3-1-2-4-14(12)19-15(21)13(18-16(19)22)9-10-5-7-11(20)8-6-10/h1-9,20H,(H,18,22)/b13-9-. The summed E-state index contributed by atoms with van der Waals surface area (Å²) in [5, 5.41) is 12.2. The van der Waals surface area contributed by atoms with E-state index in [0.717, 1.165) is 4.90 Å². The predicted molar refractivity (Wildman–Crippen MR) is 85.7 cm³/mol. The second kappa shape index (κ2) is 5.57. The van der Waals surface area contributed by atoms with Crippen molar-refractivity contribution in [2.24, 2.45) is 0 Å². The molecule has 22 heavy (non-hydrogen) atoms. The van der Waals surface area contributed by atoms with Gasteiger partial charge in [-0.2, -0.15) is 0 Å². The molecule has 0 bridgehead atoms. The minimum Gasteiger partial charge on any atom is -0.508 e. The van der Waals surface area contributed by atoms with Gasteiger partial charge in [0.05, 0.1) is 5.69 Å². The van der Waals surface area contributed by atoms with Crippen LogP contribution in [0, 0.1) is 5.82 Å². The first-order valence-electron chi connectivity index (χ1n) is 6.47. The first-order valence-corrected chi connectivity index (χ1v) is 6.88. The third-order valence-electron chi connectivity index (χ3n) is 3.18. The van der Waals surface area contributed by atoms with Gasteiger partial charge in [-0.1, -0.05) is 24.3 Å². The number of rotatable bonds is 2. The number of phenols is 1. The van der Waals surface area contributed by atoms with Crippen molar-refractivity contribution in [2.75, 3.05) is 4.90 Å². The molecule has 0 atom stereocenters. The maximum absolute atomic E-state index is 13.9. The van der Waals surface area contributed by atoms with Crippen LogP contribution in [0.2, 0.25) is 0 Å². The van der Waals surface area contributed by atoms with Gasteiger partial charge in [0.2, 0.25) is 0 Å². The fourth-order valence-corrected chi connectivity index (χ4v) is 2.42. The molecule has 0 radical (unpaired) electrons. The summed E-state index contributed by atoms with van der Waals surface area (Å²) in [6.07, 6.45) is 1.59. The molecule has 3 rings (SSSR count). The molecule has 1 heterocycles. The van der Waals surface area contributed by atoms with Crippen molar-refractivity contribution in [3.8, 4) is 5.75 Å². The number of nitrogens with zero attached hydrogens (tertiary/aromatic N) is 1. The van der Waals surface area contributed by atoms with Crippen LogP contribution in [0.4, 0.5) is 10.1 Å². The number of anilines is 1. The molecule has 0 unspecified atom stereocenters. The van der Waals surface area contributed by atoms with Crippen molar-refractivity contribution >= 4 is 35.0 Å². The summed E-state index contributed by atoms with van der Waals surface area (Å²) < 4.78 is 13.9. The van der Waals surface area contributed by atoms with E-state index in [1.807, 2.05) is 0 Å². The average molecular weight is 314 g/mol. The van der Waals surface area contributed by atoms with Crippen LogP contribution in [-0.2, 0) is 4.79 Å². The lowest BCUT2D eigenvalue weighted by atomic mass is 10.2. The van der Waals surface area contributed by atoms with Gasteiger partial charge in [0.15, 0.2) is 5.11 Å². The molecule has 0 spiro atoms. The highest BCUT2D eigenvalue weighted by Gasteiger charge is 2.33. The van der Waals surface area contributed by atoms with Gasteiger partial charge in [-0.25, -0.2) is 9.29 Å². The minimum absolute atomic E-state index is 0.110. The summed E-state index contributed by atoms with van der Waals surface area (Å²) in [5.74, 6) is -0.814. The number of nitrogens with one attached hydrogen (secondary N) is 1. The number of hydrogen-bond donors (Lipinski definition) is 2. The van der Waals surface area contributed by atoms with Crippen LogP contribution >= 0.6 is 12.2 Å². The molecule has 0 saturated carbocycles. The van der Waals surface area contributed by atoms with Gasteiger partial charge in [-0.3, -0.25) is 4.79 Å². The van der Waals surface area contributed by atoms with E-state index in [1.165, 1.54) is 24.3 Å². The fraction of sp³-hybridized carbons (Fsp3) is 0. The van der Waals surface area contributed by atoms with Crippen LogP contribution in [0.25, 0.3) is 6.08 Å². The van der Waals surface area contributed by atoms with E-state index >= 15 is 0 Å². The molecule has 0 aliphatic carbocycles. The van der Waals surface area contributed by atoms with Gasteiger partial charge < -0.3 is 10.4 Å². The van der Waals surface area contributed by atoms with Crippen molar-refractivity contribution in [2.45, 2.75) is 0 Å². The monoisotopic (exact) mass is 314 g/mol. The maximum Gasteiger partial charge on any atom is 0.281 e. The number of aromatic hydroxyl groups is 1. The Morgan fingerprint density at radius 3 is 2.50 bits per heavy atom. The normalized spacial score (nSPS) is 16.2. The summed E-state index contributed by atoms with van der Waals surface area (Å²) >= 11 is 5.12. The quantitative estimate of drug-likeness (QED) is 0.661. The van der Waals surface area contributed by atoms with Crippen LogP contribution in [-0.4, -0.2) is 16.1 Å². The van der Waals surface area contributed by atoms with Crippen molar-refractivity contribution in [1.82, 2.24) is 5.32 Å². The van der Waals surface area contributed by atoms with Crippen LogP contribution in [0.3, 0.4) is 0 Å². The van der Waals surface area contributed by atoms with Gasteiger partial charge in [0, 0.05) is 0 Å². The lowest BCUT2D eigenvalue weighted by Crippen LogP contribution is -2.31. The zero-order chi connectivity index (χ0) is 15.7. The first kappa shape index (κ1) is 14.2. The van der Waals surface area contributed by atoms with Gasteiger partial charge in [-0.15, -0.1) is 0 Å². The van der Waals surface area contributed by atoms with Crippen LogP contribution in [0.15, 0.2) is 54.2 Å². The van der Waals surface area contributed by atoms with Gasteiger partial charge in [0.25, 0.3) is 5.91 Å². The van der Waals surface area contributed by atoms with Crippen molar-refractivity contribution in [1.29, 1.82) is 0 Å². The number of hydrogen-bond acceptors (Lipinski definition) is 3. The summed E-state index contributed by atoms with van der Waals surface area (Å²) in [4.78, 5) is 13.6. The molecule has 1 saturated heterocycles. The molecule has 6 heteroatoms. The van der Waals surface area contributed by atoms with Crippen molar-refractivity contribution < 1.29 is 14.3 Å². The van der Waals surface area contributed by atoms with Gasteiger partial charge >= 0.3 is 0 Å². The Hall–Kier alpha value is -2.73. The Morgan fingerprint density at radius 2 is 1.82 bits per heavy atom. The third-order valence-corrected chi connectivity index (χ3v) is 3.46. The lowest BCUT2D eigenvalue weighted by molar-refractivity contribution is -0.113. The Morgan fingerprint density at radius 1 is 1.14 bits per heavy atom. The molecule has 2 aromatic carbocycles. The Balaban J connectivity index is 1.95. The van der Waals surface area contributed by atoms with Crippen molar-refractivity contribution in [3.63, 3.8) is 0 Å². The average Bonchev–Trinajstić information content (AvgIpc) is 2.77. The topological polar surface area (TPSA) is 52.6 Å². The van der Waals surface area contributed by atoms with E-state index in [0.29, 0.717) is 5.56 Å². The highest BCUT2D eigenvalue weighted by Crippen LogP contribution is 2.25. The summed E-state index contributed by atoms with van der Waals surface area (Å²) in [6.45, 7) is 0. The van der Waals surface area contributed by atoms with E-state index in [4.69, 9.17) is 12.2 Å². The number of thiocarbonyl (C=S) groups is 1. The summed E-state index contributed by atoms with van der Waals surface area (Å²) in [5.41, 5.74) is 1.07. The highest BCUT2D eigenvalue weighted by molar-refractivity contribution is 7.80. The highest BCUT2D eigenvalue weighted by atomic mass is 32.1. The molecule has 2 aromatic rings. The van der Waals surface area contributed by atoms with E-state index in [2.05, 4.69) is 5.32 Å². The minimum atomic E-state index is -0.522. The molecule has 1 aliphatic rings. The van der Waals surface area contributed by atoms with E-state index in [-0.39, 0.29) is 22.2 Å². The third kappa shape index (κ3) is 2.56. The van der Waals surface area contributed by atoms with E-state index in [1.54, 1.807) is 30.3 Å². The lowest BCUT2D eigenvalue weighted by Gasteiger charge is -2.14. The molecule has 1 amide bonds. The summed E-state index contributed by atoms with van der Waals surface area (Å²) in [6, 6.07) is 12.3. The summed E-state index contributed by atoms with van der Waals surface area (Å²) in [7, 11) is 0. The maximum atomic E-state index is 13.9. The largest absolute Gasteiger partial charge is 0.508 e. The Bertz CT molecular complexity index is 787. The number of phenolic OH excluding ortho intramolecular Hbond substituents is 1. The zero-order valence-electron chi connectivity index (χ0n) is 11.3. The number of amides is 1. The van der Waals surface area contributed by atoms with E-state index in [9.17, 15) is 14.3 Å². The molecular formula is C16H11FN2O2S. The molecule has 2 N–H and O–H groups in total. The van der Waals surface area contributed by atoms with Gasteiger partial charge in [-0.05, 0) is 48.1 Å². The number of carbonyl (C=O) groups excluding carboxylic acids is 1. The predicted octanol–water partition coefficient (Wildman–Crippen LogP) is 2.79. The second-order valence-corrected chi connectivity index (χ2v) is 5.06. The van der Waals surface area contributed by atoms with Crippen molar-refractivity contribution in [3.05, 3.63) is 65.6 Å². The van der Waals surface area contributed by atoms with Gasteiger partial charge in [0.1, 0.15) is 17.3 Å². The Kier molecular flexibility index (Phi) is 3.60. The zero-order valence-corrected chi connectivity index (χ0v) is 12.1. The molecule has 0 aromatic heterocycles. The SMILES string of the molecule is O=C1/C(=C/c2ccc(O)cc2)NC(=S)N1c1ccccc1F. The fourth-order valence-electron chi connectivity index (χ4n) is 2.12. The Labute approximate surface area is 131 Å². The van der Waals surface area contributed by atoms with Crippen LogP contribution in [0.5, 0.6) is 5.75 Å². The molecular weight excluding hydrogens is 303 g/mol. The van der Waals surface area contributed by atoms with E-state index < -0.39 is 11.7 Å². The van der Waals surface area contributed by atoms with Crippen LogP contribution < -0.4 is 10.2 Å².